The highest BCUT2D eigenvalue weighted by atomic mass is 13.5. The van der Waals surface area contributed by atoms with Gasteiger partial charge in [-0.3, -0.25) is 0 Å². The van der Waals surface area contributed by atoms with E-state index in [1.165, 1.54) is 0 Å². The molecule has 0 rings (SSSR count). The van der Waals surface area contributed by atoms with Crippen molar-refractivity contribution in [1.82, 2.24) is 0 Å². The van der Waals surface area contributed by atoms with Crippen molar-refractivity contribution in [2.24, 2.45) is 0 Å². The first kappa shape index (κ1) is 151. The topological polar surface area (TPSA) is 0 Å². The van der Waals surface area contributed by atoms with Crippen molar-refractivity contribution in [1.29, 1.82) is 0 Å². The average Bonchev–Trinajstić information content (AvgIpc) is 0.695. The molecule has 0 aliphatic heterocycles. The minimum absolute atomic E-state index is 0.236. The summed E-state index contributed by atoms with van der Waals surface area (Å²) >= 11 is 0. The van der Waals surface area contributed by atoms with Crippen LogP contribution in [0.25, 0.3) is 0 Å². The molecule has 0 fully saturated rings. The smallest absolute Gasteiger partial charge is 0.0000000845 e. The first-order valence-corrected chi connectivity index (χ1v) is 64.6. The fraction of sp³-hybridized carbons (Fsp3) is 0. The Labute approximate surface area is 992 Å². The van der Waals surface area contributed by atoms with Gasteiger partial charge in [-0.1, -0.05) is 0 Å². The summed E-state index contributed by atoms with van der Waals surface area (Å²) in [6, 6.07) is 0. The van der Waals surface area contributed by atoms with Crippen LogP contribution in [0.1, 0.15) is 0 Å². The lowest BCUT2D eigenvalue weighted by atomic mass is 8.16. The Balaban J connectivity index is 18.5. The molecule has 142 heavy (non-hydrogen) atoms. The molecule has 570 valence electrons. The minimum Gasteiger partial charge on any atom is 0.0000000845 e. The molecular formula is H144B142. The first-order valence-electron chi connectivity index (χ1n) is 64.6. The normalized spacial score (nSPS) is 9.89. The van der Waals surface area contributed by atoms with Gasteiger partial charge in [-0.05, 0) is 0 Å². The second-order valence-corrected chi connectivity index (χ2v) is 64.4. The van der Waals surface area contributed by atoms with Crippen molar-refractivity contribution in [2.45, 2.75) is 0 Å². The lowest BCUT2D eigenvalue weighted by Crippen LogP contribution is -3.03. The van der Waals surface area contributed by atoms with Crippen molar-refractivity contribution in [3.63, 3.8) is 0 Å². The van der Waals surface area contributed by atoms with Crippen LogP contribution in [-0.2, 0) is 0 Å². The third kappa shape index (κ3) is 40.3. The summed E-state index contributed by atoms with van der Waals surface area (Å²) < 4.78 is 0. The molecule has 0 unspecified atom stereocenters. The van der Waals surface area contributed by atoms with E-state index in [-0.39, 0.29) is 19.2 Å². The summed E-state index contributed by atoms with van der Waals surface area (Å²) in [6.07, 6.45) is 29.4. The largest absolute Gasteiger partial charge is 0.0552 e. The van der Waals surface area contributed by atoms with Crippen molar-refractivity contribution in [3.05, 3.63) is 0 Å². The Kier molecular flexibility index (Phi) is 74.1. The summed E-state index contributed by atoms with van der Waals surface area (Å²) in [7, 11) is 208. The molecule has 0 heterocycles. The molecule has 0 aromatic heterocycles. The van der Waals surface area contributed by atoms with E-state index >= 15 is 0 Å². The van der Waals surface area contributed by atoms with Crippen LogP contribution in [0, 0.1) is 0 Å². The van der Waals surface area contributed by atoms with Gasteiger partial charge in [-0.15, -0.1) is 0 Å². The van der Waals surface area contributed by atoms with E-state index in [4.69, 9.17) is 0 Å². The molecule has 0 amide bonds. The quantitative estimate of drug-likeness (QED) is 0.0533. The lowest BCUT2D eigenvalue weighted by molar-refractivity contribution is 3.10. The standard InChI is InChI=1S/B142H144/c1-73(2)109(74(3)4)127(110(75(5)6)76(7)8)136(128(111(77(9)10)78(11)12)112(79(13)14)80(15)16)140(135(125(105(65)66)106(67)68)126(107(69)70)108(71)72)142(139(133(121(97(49)50)98(51)52)122(99(53)54)100(55)56)134(123(101(57)58)102(59)60)124(103(61)62)104(63)64)141(137(129(113(81(17)18)82(19)20)114(83(21)22)84(23)24)130(115(85(25)26)86(27)28)116(87(29)30)88(31)32)138(131(117(89(33)34)90(35)36)118(91(37)38)92(39)40)132(119(93(41)42)94(43)44)120(95(45)46)96(47)48/h1-72H2. The van der Waals surface area contributed by atoms with E-state index in [2.05, 4.69) is 557 Å². The number of hydrogen-bond acceptors (Lipinski definition) is 0. The highest BCUT2D eigenvalue weighted by Crippen LogP contribution is 2.35. The third-order valence-electron chi connectivity index (χ3n) is 42.4. The van der Waals surface area contributed by atoms with Gasteiger partial charge < -0.3 is 0 Å². The maximum Gasteiger partial charge on any atom is 0.0552 e. The van der Waals surface area contributed by atoms with Gasteiger partial charge in [0.25, 0.3) is 0 Å². The maximum atomic E-state index is 2.92. The molecule has 0 saturated carbocycles. The maximum absolute atomic E-state index is 2.92. The molecule has 0 atom stereocenters. The van der Waals surface area contributed by atoms with Crippen LogP contribution in [0.5, 0.6) is 0 Å². The predicted octanol–water partition coefficient (Wildman–Crippen LogP) is -92.6. The third-order valence-corrected chi connectivity index (χ3v) is 42.4. The van der Waals surface area contributed by atoms with E-state index in [1.54, 1.807) is 0 Å². The molecule has 0 bridgehead atoms. The highest BCUT2D eigenvalue weighted by molar-refractivity contribution is 8.48. The van der Waals surface area contributed by atoms with E-state index in [9.17, 15) is 0 Å². The Bertz CT molecular complexity index is 2450. The van der Waals surface area contributed by atoms with Gasteiger partial charge >= 0.3 is 0 Å². The highest BCUT2D eigenvalue weighted by Gasteiger charge is 2.73. The molecule has 0 saturated heterocycles. The molecule has 0 aromatic rings. The van der Waals surface area contributed by atoms with Crippen molar-refractivity contribution < 1.29 is 0 Å². The molecule has 142 heteroatoms. The second-order valence-electron chi connectivity index (χ2n) is 64.4. The summed E-state index contributed by atoms with van der Waals surface area (Å²) in [5, 5.41) is 0. The molecule has 0 aliphatic rings. The van der Waals surface area contributed by atoms with Crippen LogP contribution in [-0.4, -0.2) is 1000 Å². The van der Waals surface area contributed by atoms with E-state index in [1.807, 2.05) is 0 Å². The predicted molar refractivity (Wildman–Crippen MR) is 1020 cm³/mol. The number of rotatable bonds is 69. The summed E-state index contributed by atoms with van der Waals surface area (Å²) in [5.74, 6) is 0. The average molecular weight is 1680 g/mol. The van der Waals surface area contributed by atoms with E-state index < -0.39 is 0 Å². The fourth-order valence-electron chi connectivity index (χ4n) is 42.2. The minimum atomic E-state index is 0.236. The molecule has 0 spiro atoms. The fourth-order valence-corrected chi connectivity index (χ4v) is 42.2. The molecular weight excluding hydrogens is 1540 g/mol. The van der Waals surface area contributed by atoms with Gasteiger partial charge in [0.15, 0.2) is 0 Å². The Morgan fingerprint density at radius 1 is 0.0352 bits per heavy atom. The molecule has 0 aliphatic carbocycles. The van der Waals surface area contributed by atoms with Crippen LogP contribution in [0.15, 0.2) is 0 Å². The second kappa shape index (κ2) is 69.6. The lowest BCUT2D eigenvalue weighted by Gasteiger charge is -2.65. The molecule has 0 radical (unpaired) electrons. The van der Waals surface area contributed by atoms with Gasteiger partial charge in [0.05, 0.1) is 557 Å². The molecule has 0 aromatic carbocycles. The van der Waals surface area contributed by atoms with Crippen molar-refractivity contribution in [2.75, 3.05) is 0 Å². The van der Waals surface area contributed by atoms with Gasteiger partial charge in [0, 0.05) is 447 Å². The summed E-state index contributed by atoms with van der Waals surface area (Å²) in [6.45, 7) is 0. The van der Waals surface area contributed by atoms with Crippen LogP contribution in [0.3, 0.4) is 0 Å². The summed E-state index contributed by atoms with van der Waals surface area (Å²) in [5.41, 5.74) is 0. The number of hydrogen-bond donors (Lipinski definition) is 0. The van der Waals surface area contributed by atoms with E-state index in [0.717, 1.165) is 0 Å². The Hall–Kier alpha value is 9.22. The van der Waals surface area contributed by atoms with Gasteiger partial charge in [-0.2, -0.15) is 0 Å². The summed E-state index contributed by atoms with van der Waals surface area (Å²) in [4.78, 5) is 0. The van der Waals surface area contributed by atoms with Crippen molar-refractivity contribution in [3.8, 4) is 0 Å². The first-order chi connectivity index (χ1) is 64.6. The van der Waals surface area contributed by atoms with Crippen molar-refractivity contribution >= 4 is 1000 Å². The SMILES string of the molecule is BB(B)B(B(B)B)B(B(B(B)B)B(B)B)B(B(B(B(B)B)B(B)B)B(B(B)B)B(B)B)B(B(B(B(B)B)B(B)B)B(B(B)B)B(B)B)B(B(B(B(B(B)B)B(B)B)B(B(B)B)B(B)B)B(B(B(B)B)B(B)B)B(B(B)B)B(B)B)B(B(B(B(B(B)B)B(B)B)B(B(B)B)B(B)B)B(B(B(B)B)B(B)B)B(B(B)B)B(B)B)B(B(B(B(B)B)B(B)B)B(B(B)B)B(B)B)B(B(B(B)B)B(B)B)B(B(B)B)B(B)B. The molecule has 0 N–H and O–H groups in total. The zero-order valence-corrected chi connectivity index (χ0v) is 112. The zero-order chi connectivity index (χ0) is 112. The molecule has 0 nitrogen and oxygen atoms in total. The van der Waals surface area contributed by atoms with Gasteiger partial charge in [0.2, 0.25) is 0 Å². The van der Waals surface area contributed by atoms with E-state index in [0.29, 0.717) is 428 Å². The van der Waals surface area contributed by atoms with Crippen LogP contribution >= 0.6 is 0 Å². The van der Waals surface area contributed by atoms with Gasteiger partial charge in [0.1, 0.15) is 0 Å². The monoisotopic (exact) mass is 1710 g/mol. The van der Waals surface area contributed by atoms with Crippen LogP contribution in [0.2, 0.25) is 0 Å². The Morgan fingerprint density at radius 3 is 0.0775 bits per heavy atom. The van der Waals surface area contributed by atoms with Gasteiger partial charge in [-0.25, -0.2) is 0 Å². The van der Waals surface area contributed by atoms with Crippen LogP contribution in [0.4, 0.5) is 0 Å². The Morgan fingerprint density at radius 2 is 0.0563 bits per heavy atom. The zero-order valence-electron chi connectivity index (χ0n) is 112. The van der Waals surface area contributed by atoms with Crippen LogP contribution < -0.4 is 0 Å².